The Kier molecular flexibility index (Phi) is 4.50. The van der Waals surface area contributed by atoms with E-state index in [4.69, 9.17) is 0 Å². The molecule has 0 bridgehead atoms. The topological polar surface area (TPSA) is 40.5 Å². The summed E-state index contributed by atoms with van der Waals surface area (Å²) in [5, 5.41) is 21.2. The lowest BCUT2D eigenvalue weighted by atomic mass is 9.37. The van der Waals surface area contributed by atoms with Gasteiger partial charge in [0.25, 0.3) is 0 Å². The summed E-state index contributed by atoms with van der Waals surface area (Å²) in [6.45, 7) is 12.6. The highest BCUT2D eigenvalue weighted by Gasteiger charge is 2.64. The van der Waals surface area contributed by atoms with Crippen molar-refractivity contribution in [1.82, 2.24) is 0 Å². The predicted molar refractivity (Wildman–Crippen MR) is 118 cm³/mol. The molecule has 29 heavy (non-hydrogen) atoms. The molecule has 10 atom stereocenters. The monoisotopic (exact) mass is 400 g/mol. The second-order valence-electron chi connectivity index (χ2n) is 13.0. The highest BCUT2D eigenvalue weighted by molar-refractivity contribution is 5.32. The standard InChI is InChI=1S/C27H44O2/c1-17-19-10-14-26(4)20-9-13-24(2)12-8-18(28)16-27(24,5)21(20)6-7-23(26)25(19,3)15-11-22(17)29/h6,17-20,22-23,28-29H,7-16H2,1-5H3. The molecule has 4 fully saturated rings. The summed E-state index contributed by atoms with van der Waals surface area (Å²) >= 11 is 0. The molecular weight excluding hydrogens is 356 g/mol. The number of rotatable bonds is 0. The Morgan fingerprint density at radius 3 is 2.31 bits per heavy atom. The average molecular weight is 401 g/mol. The SMILES string of the molecule is CC1C(O)CCC2(C)C1CCC1(C)C3CCC4(C)CCC(O)CC4(C)C3=CCC12. The molecule has 0 aromatic carbocycles. The van der Waals surface area contributed by atoms with E-state index >= 15 is 0 Å². The van der Waals surface area contributed by atoms with Gasteiger partial charge >= 0.3 is 0 Å². The minimum atomic E-state index is -0.118. The molecule has 0 heterocycles. The van der Waals surface area contributed by atoms with Crippen LogP contribution in [0.4, 0.5) is 0 Å². The van der Waals surface area contributed by atoms with Crippen molar-refractivity contribution in [3.05, 3.63) is 11.6 Å². The maximum Gasteiger partial charge on any atom is 0.0568 e. The molecule has 164 valence electrons. The van der Waals surface area contributed by atoms with E-state index in [1.54, 1.807) is 5.57 Å². The van der Waals surface area contributed by atoms with Crippen molar-refractivity contribution in [3.8, 4) is 0 Å². The minimum Gasteiger partial charge on any atom is -0.393 e. The van der Waals surface area contributed by atoms with Gasteiger partial charge in [0.05, 0.1) is 12.2 Å². The molecule has 0 amide bonds. The van der Waals surface area contributed by atoms with Crippen LogP contribution in [-0.4, -0.2) is 22.4 Å². The van der Waals surface area contributed by atoms with Gasteiger partial charge < -0.3 is 10.2 Å². The molecule has 5 aliphatic rings. The summed E-state index contributed by atoms with van der Waals surface area (Å²) < 4.78 is 0. The van der Waals surface area contributed by atoms with Crippen LogP contribution in [0.25, 0.3) is 0 Å². The molecule has 0 saturated heterocycles. The largest absolute Gasteiger partial charge is 0.393 e. The second-order valence-corrected chi connectivity index (χ2v) is 13.0. The van der Waals surface area contributed by atoms with Gasteiger partial charge in [-0.1, -0.05) is 46.3 Å². The first-order valence-electron chi connectivity index (χ1n) is 12.6. The van der Waals surface area contributed by atoms with Gasteiger partial charge in [0.2, 0.25) is 0 Å². The first-order chi connectivity index (χ1) is 13.6. The highest BCUT2D eigenvalue weighted by Crippen LogP contribution is 2.72. The molecule has 10 unspecified atom stereocenters. The van der Waals surface area contributed by atoms with Crippen LogP contribution >= 0.6 is 0 Å². The van der Waals surface area contributed by atoms with Crippen molar-refractivity contribution in [3.63, 3.8) is 0 Å². The Morgan fingerprint density at radius 2 is 1.55 bits per heavy atom. The normalized spacial score (nSPS) is 59.6. The average Bonchev–Trinajstić information content (AvgIpc) is 2.66. The molecule has 4 saturated carbocycles. The molecule has 5 aliphatic carbocycles. The van der Waals surface area contributed by atoms with E-state index in [2.05, 4.69) is 40.7 Å². The summed E-state index contributed by atoms with van der Waals surface area (Å²) in [5.41, 5.74) is 3.04. The fraction of sp³-hybridized carbons (Fsp3) is 0.926. The van der Waals surface area contributed by atoms with E-state index in [1.807, 2.05) is 0 Å². The molecule has 0 radical (unpaired) electrons. The van der Waals surface area contributed by atoms with Crippen LogP contribution in [0.3, 0.4) is 0 Å². The quantitative estimate of drug-likeness (QED) is 0.481. The molecular formula is C27H44O2. The smallest absolute Gasteiger partial charge is 0.0568 e. The molecule has 0 aromatic rings. The fourth-order valence-corrected chi connectivity index (χ4v) is 9.90. The third-order valence-electron chi connectivity index (χ3n) is 12.0. The van der Waals surface area contributed by atoms with Crippen LogP contribution in [0.2, 0.25) is 0 Å². The first kappa shape index (κ1) is 20.6. The van der Waals surface area contributed by atoms with E-state index in [-0.39, 0.29) is 17.6 Å². The van der Waals surface area contributed by atoms with E-state index < -0.39 is 0 Å². The van der Waals surface area contributed by atoms with Gasteiger partial charge in [0, 0.05) is 0 Å². The van der Waals surface area contributed by atoms with Gasteiger partial charge in [-0.05, 0) is 110 Å². The molecule has 0 aromatic heterocycles. The van der Waals surface area contributed by atoms with Crippen molar-refractivity contribution in [2.75, 3.05) is 0 Å². The zero-order chi connectivity index (χ0) is 20.8. The van der Waals surface area contributed by atoms with Crippen LogP contribution in [0.5, 0.6) is 0 Å². The van der Waals surface area contributed by atoms with Gasteiger partial charge in [-0.15, -0.1) is 0 Å². The fourth-order valence-electron chi connectivity index (χ4n) is 9.90. The lowest BCUT2D eigenvalue weighted by Crippen LogP contribution is -2.61. The Labute approximate surface area is 178 Å². The number of aliphatic hydroxyl groups excluding tert-OH is 2. The summed E-state index contributed by atoms with van der Waals surface area (Å²) in [6, 6.07) is 0. The Hall–Kier alpha value is -0.340. The van der Waals surface area contributed by atoms with E-state index in [1.165, 1.54) is 44.9 Å². The molecule has 0 aliphatic heterocycles. The molecule has 0 spiro atoms. The van der Waals surface area contributed by atoms with Crippen molar-refractivity contribution in [2.24, 2.45) is 45.3 Å². The van der Waals surface area contributed by atoms with Crippen molar-refractivity contribution in [1.29, 1.82) is 0 Å². The van der Waals surface area contributed by atoms with Crippen LogP contribution in [-0.2, 0) is 0 Å². The van der Waals surface area contributed by atoms with E-state index in [9.17, 15) is 10.2 Å². The summed E-state index contributed by atoms with van der Waals surface area (Å²) in [7, 11) is 0. The number of hydrogen-bond donors (Lipinski definition) is 2. The van der Waals surface area contributed by atoms with Crippen LogP contribution in [0.15, 0.2) is 11.6 Å². The van der Waals surface area contributed by atoms with Crippen molar-refractivity contribution >= 4 is 0 Å². The molecule has 5 rings (SSSR count). The van der Waals surface area contributed by atoms with Gasteiger partial charge in [0.1, 0.15) is 0 Å². The maximum absolute atomic E-state index is 10.6. The lowest BCUT2D eigenvalue weighted by Gasteiger charge is -2.68. The zero-order valence-electron chi connectivity index (χ0n) is 19.5. The molecule has 2 nitrogen and oxygen atoms in total. The highest BCUT2D eigenvalue weighted by atomic mass is 16.3. The molecule has 2 heteroatoms. The maximum atomic E-state index is 10.6. The Bertz CT molecular complexity index is 713. The zero-order valence-corrected chi connectivity index (χ0v) is 19.5. The van der Waals surface area contributed by atoms with Gasteiger partial charge in [-0.25, -0.2) is 0 Å². The third kappa shape index (κ3) is 2.54. The predicted octanol–water partition coefficient (Wildman–Crippen LogP) is 6.11. The van der Waals surface area contributed by atoms with Crippen LogP contribution < -0.4 is 0 Å². The number of aliphatic hydroxyl groups is 2. The van der Waals surface area contributed by atoms with Gasteiger partial charge in [-0.2, -0.15) is 0 Å². The van der Waals surface area contributed by atoms with Crippen molar-refractivity contribution < 1.29 is 10.2 Å². The summed E-state index contributed by atoms with van der Waals surface area (Å²) in [6.07, 6.45) is 14.3. The van der Waals surface area contributed by atoms with Crippen LogP contribution in [0.1, 0.15) is 98.8 Å². The second kappa shape index (κ2) is 6.35. The lowest BCUT2D eigenvalue weighted by molar-refractivity contribution is -0.162. The Morgan fingerprint density at radius 1 is 0.862 bits per heavy atom. The minimum absolute atomic E-state index is 0.0925. The summed E-state index contributed by atoms with van der Waals surface area (Å²) in [5.74, 6) is 2.58. The number of hydrogen-bond acceptors (Lipinski definition) is 2. The van der Waals surface area contributed by atoms with Crippen LogP contribution in [0, 0.1) is 45.3 Å². The first-order valence-corrected chi connectivity index (χ1v) is 12.6. The Balaban J connectivity index is 1.55. The summed E-state index contributed by atoms with van der Waals surface area (Å²) in [4.78, 5) is 0. The molecule has 2 N–H and O–H groups in total. The van der Waals surface area contributed by atoms with E-state index in [0.717, 1.165) is 25.2 Å². The van der Waals surface area contributed by atoms with Crippen molar-refractivity contribution in [2.45, 2.75) is 111 Å². The number of fused-ring (bicyclic) bond motifs is 7. The third-order valence-corrected chi connectivity index (χ3v) is 12.0. The van der Waals surface area contributed by atoms with E-state index in [0.29, 0.717) is 34.0 Å². The van der Waals surface area contributed by atoms with Gasteiger partial charge in [-0.3, -0.25) is 0 Å². The number of allylic oxidation sites excluding steroid dienone is 2. The van der Waals surface area contributed by atoms with Gasteiger partial charge in [0.15, 0.2) is 0 Å².